The highest BCUT2D eigenvalue weighted by Crippen LogP contribution is 2.19. The van der Waals surface area contributed by atoms with Crippen molar-refractivity contribution in [3.8, 4) is 0 Å². The van der Waals surface area contributed by atoms with Crippen molar-refractivity contribution in [3.05, 3.63) is 60.3 Å². The van der Waals surface area contributed by atoms with E-state index >= 15 is 0 Å². The predicted molar refractivity (Wildman–Crippen MR) is 103 cm³/mol. The van der Waals surface area contributed by atoms with Crippen molar-refractivity contribution in [1.82, 2.24) is 9.71 Å². The molecule has 0 radical (unpaired) electrons. The third kappa shape index (κ3) is 4.12. The van der Waals surface area contributed by atoms with Crippen LogP contribution in [0.2, 0.25) is 0 Å². The SMILES string of the molecule is CCCNS(=O)(=O)c1ccc(NC(=O)Cc2c[nH]c3ccccc23)cc1. The lowest BCUT2D eigenvalue weighted by molar-refractivity contribution is -0.115. The number of fused-ring (bicyclic) bond motifs is 1. The molecule has 7 heteroatoms. The van der Waals surface area contributed by atoms with Crippen molar-refractivity contribution in [2.24, 2.45) is 0 Å². The topological polar surface area (TPSA) is 91.1 Å². The molecule has 0 atom stereocenters. The zero-order chi connectivity index (χ0) is 18.6. The number of H-pyrrole nitrogens is 1. The minimum atomic E-state index is -3.50. The Hall–Kier alpha value is -2.64. The van der Waals surface area contributed by atoms with Gasteiger partial charge in [0.05, 0.1) is 11.3 Å². The molecule has 26 heavy (non-hydrogen) atoms. The normalized spacial score (nSPS) is 11.6. The molecule has 0 fully saturated rings. The summed E-state index contributed by atoms with van der Waals surface area (Å²) in [6, 6.07) is 14.0. The van der Waals surface area contributed by atoms with Crippen LogP contribution < -0.4 is 10.0 Å². The number of carbonyl (C=O) groups excluding carboxylic acids is 1. The molecule has 0 saturated carbocycles. The fourth-order valence-electron chi connectivity index (χ4n) is 2.69. The number of sulfonamides is 1. The average Bonchev–Trinajstić information content (AvgIpc) is 3.03. The maximum atomic E-state index is 12.3. The van der Waals surface area contributed by atoms with E-state index in [1.807, 2.05) is 37.4 Å². The first-order chi connectivity index (χ1) is 12.5. The number of hydrogen-bond donors (Lipinski definition) is 3. The molecule has 2 aromatic carbocycles. The number of benzene rings is 2. The second-order valence-electron chi connectivity index (χ2n) is 6.01. The van der Waals surface area contributed by atoms with Gasteiger partial charge in [0.15, 0.2) is 0 Å². The van der Waals surface area contributed by atoms with Crippen LogP contribution in [-0.4, -0.2) is 25.9 Å². The van der Waals surface area contributed by atoms with Crippen LogP contribution in [0.1, 0.15) is 18.9 Å². The van der Waals surface area contributed by atoms with Gasteiger partial charge in [0, 0.05) is 29.3 Å². The molecular formula is C19H21N3O3S. The molecule has 3 aromatic rings. The molecule has 0 bridgehead atoms. The van der Waals surface area contributed by atoms with E-state index in [0.29, 0.717) is 12.2 Å². The van der Waals surface area contributed by atoms with Gasteiger partial charge in [0.1, 0.15) is 0 Å². The number of carbonyl (C=O) groups is 1. The van der Waals surface area contributed by atoms with Gasteiger partial charge in [0.2, 0.25) is 15.9 Å². The lowest BCUT2D eigenvalue weighted by Crippen LogP contribution is -2.24. The summed E-state index contributed by atoms with van der Waals surface area (Å²) in [5.41, 5.74) is 2.47. The summed E-state index contributed by atoms with van der Waals surface area (Å²) in [7, 11) is -3.50. The van der Waals surface area contributed by atoms with Gasteiger partial charge >= 0.3 is 0 Å². The Morgan fingerprint density at radius 1 is 1.08 bits per heavy atom. The third-order valence-corrected chi connectivity index (χ3v) is 5.49. The molecule has 0 aliphatic carbocycles. The van der Waals surface area contributed by atoms with Gasteiger partial charge in [0.25, 0.3) is 0 Å². The summed E-state index contributed by atoms with van der Waals surface area (Å²) in [5, 5.41) is 3.82. The van der Waals surface area contributed by atoms with Crippen molar-refractivity contribution in [2.75, 3.05) is 11.9 Å². The van der Waals surface area contributed by atoms with E-state index in [2.05, 4.69) is 15.0 Å². The van der Waals surface area contributed by atoms with Crippen molar-refractivity contribution < 1.29 is 13.2 Å². The van der Waals surface area contributed by atoms with Gasteiger partial charge in [-0.3, -0.25) is 4.79 Å². The Morgan fingerprint density at radius 3 is 2.54 bits per heavy atom. The van der Waals surface area contributed by atoms with E-state index in [0.717, 1.165) is 22.9 Å². The lowest BCUT2D eigenvalue weighted by Gasteiger charge is -2.08. The number of aromatic amines is 1. The quantitative estimate of drug-likeness (QED) is 0.596. The van der Waals surface area contributed by atoms with Crippen LogP contribution in [0.15, 0.2) is 59.6 Å². The van der Waals surface area contributed by atoms with Gasteiger partial charge in [-0.25, -0.2) is 13.1 Å². The molecule has 0 aliphatic rings. The monoisotopic (exact) mass is 371 g/mol. The number of aromatic nitrogens is 1. The zero-order valence-corrected chi connectivity index (χ0v) is 15.3. The molecule has 3 rings (SSSR count). The molecule has 1 amide bonds. The summed E-state index contributed by atoms with van der Waals surface area (Å²) in [6.45, 7) is 2.29. The number of para-hydroxylation sites is 1. The van der Waals surface area contributed by atoms with Crippen LogP contribution >= 0.6 is 0 Å². The molecule has 0 aliphatic heterocycles. The van der Waals surface area contributed by atoms with E-state index in [4.69, 9.17) is 0 Å². The van der Waals surface area contributed by atoms with Gasteiger partial charge in [-0.2, -0.15) is 0 Å². The van der Waals surface area contributed by atoms with E-state index < -0.39 is 10.0 Å². The molecular weight excluding hydrogens is 350 g/mol. The Balaban J connectivity index is 1.66. The molecule has 0 unspecified atom stereocenters. The second-order valence-corrected chi connectivity index (χ2v) is 7.77. The third-order valence-electron chi connectivity index (χ3n) is 4.02. The maximum Gasteiger partial charge on any atom is 0.240 e. The predicted octanol–water partition coefficient (Wildman–Crippen LogP) is 3.04. The number of anilines is 1. The fourth-order valence-corrected chi connectivity index (χ4v) is 3.83. The summed E-state index contributed by atoms with van der Waals surface area (Å²) in [5.74, 6) is -0.158. The Bertz CT molecular complexity index is 1010. The minimum absolute atomic E-state index is 0.158. The Morgan fingerprint density at radius 2 is 1.81 bits per heavy atom. The number of hydrogen-bond acceptors (Lipinski definition) is 3. The second kappa shape index (κ2) is 7.72. The lowest BCUT2D eigenvalue weighted by atomic mass is 10.1. The van der Waals surface area contributed by atoms with Gasteiger partial charge in [-0.15, -0.1) is 0 Å². The van der Waals surface area contributed by atoms with Crippen LogP contribution in [0.3, 0.4) is 0 Å². The molecule has 1 aromatic heterocycles. The van der Waals surface area contributed by atoms with Crippen molar-refractivity contribution in [1.29, 1.82) is 0 Å². The van der Waals surface area contributed by atoms with E-state index in [9.17, 15) is 13.2 Å². The summed E-state index contributed by atoms with van der Waals surface area (Å²) >= 11 is 0. The average molecular weight is 371 g/mol. The summed E-state index contributed by atoms with van der Waals surface area (Å²) in [6.07, 6.45) is 2.79. The first-order valence-electron chi connectivity index (χ1n) is 8.44. The smallest absolute Gasteiger partial charge is 0.240 e. The van der Waals surface area contributed by atoms with E-state index in [1.54, 1.807) is 12.1 Å². The maximum absolute atomic E-state index is 12.3. The summed E-state index contributed by atoms with van der Waals surface area (Å²) < 4.78 is 26.6. The van der Waals surface area contributed by atoms with Crippen LogP contribution in [-0.2, 0) is 21.2 Å². The first kappa shape index (κ1) is 18.2. The molecule has 0 spiro atoms. The van der Waals surface area contributed by atoms with E-state index in [1.165, 1.54) is 12.1 Å². The number of amides is 1. The highest BCUT2D eigenvalue weighted by Gasteiger charge is 2.13. The molecule has 6 nitrogen and oxygen atoms in total. The zero-order valence-electron chi connectivity index (χ0n) is 14.5. The number of nitrogens with one attached hydrogen (secondary N) is 3. The molecule has 0 saturated heterocycles. The van der Waals surface area contributed by atoms with Crippen LogP contribution in [0.5, 0.6) is 0 Å². The van der Waals surface area contributed by atoms with Crippen molar-refractivity contribution in [2.45, 2.75) is 24.7 Å². The van der Waals surface area contributed by atoms with E-state index in [-0.39, 0.29) is 17.2 Å². The largest absolute Gasteiger partial charge is 0.361 e. The molecule has 3 N–H and O–H groups in total. The first-order valence-corrected chi connectivity index (χ1v) is 9.92. The fraction of sp³-hybridized carbons (Fsp3) is 0.211. The highest BCUT2D eigenvalue weighted by molar-refractivity contribution is 7.89. The van der Waals surface area contributed by atoms with Crippen molar-refractivity contribution in [3.63, 3.8) is 0 Å². The standard InChI is InChI=1S/C19H21N3O3S/c1-2-11-21-26(24,25)16-9-7-15(8-10-16)22-19(23)12-14-13-20-18-6-4-3-5-17(14)18/h3-10,13,20-21H,2,11-12H2,1H3,(H,22,23). The molecule has 1 heterocycles. The molecule has 136 valence electrons. The van der Waals surface area contributed by atoms with Gasteiger partial charge in [-0.1, -0.05) is 25.1 Å². The summed E-state index contributed by atoms with van der Waals surface area (Å²) in [4.78, 5) is 15.6. The van der Waals surface area contributed by atoms with Gasteiger partial charge < -0.3 is 10.3 Å². The van der Waals surface area contributed by atoms with Crippen molar-refractivity contribution >= 4 is 32.5 Å². The Kier molecular flexibility index (Phi) is 5.39. The number of rotatable bonds is 7. The van der Waals surface area contributed by atoms with Crippen LogP contribution in [0, 0.1) is 0 Å². The minimum Gasteiger partial charge on any atom is -0.361 e. The van der Waals surface area contributed by atoms with Crippen LogP contribution in [0.4, 0.5) is 5.69 Å². The van der Waals surface area contributed by atoms with Crippen LogP contribution in [0.25, 0.3) is 10.9 Å². The Labute approximate surface area is 152 Å². The van der Waals surface area contributed by atoms with Gasteiger partial charge in [-0.05, 0) is 42.3 Å². The highest BCUT2D eigenvalue weighted by atomic mass is 32.2.